The molecule has 2 atom stereocenters. The average Bonchev–Trinajstić information content (AvgIpc) is 2.43. The van der Waals surface area contributed by atoms with Crippen LogP contribution in [0.5, 0.6) is 0 Å². The van der Waals surface area contributed by atoms with Gasteiger partial charge in [-0.05, 0) is 38.6 Å². The van der Waals surface area contributed by atoms with Crippen LogP contribution in [0.3, 0.4) is 0 Å². The van der Waals surface area contributed by atoms with Gasteiger partial charge in [0.15, 0.2) is 0 Å². The molecular weight excluding hydrogens is 238 g/mol. The molecule has 1 saturated carbocycles. The van der Waals surface area contributed by atoms with E-state index in [-0.39, 0.29) is 5.60 Å². The fourth-order valence-corrected chi connectivity index (χ4v) is 3.58. The first-order valence-electron chi connectivity index (χ1n) is 8.06. The smallest absolute Gasteiger partial charge is 0.0837 e. The molecule has 0 radical (unpaired) electrons. The minimum absolute atomic E-state index is 0.0518. The summed E-state index contributed by atoms with van der Waals surface area (Å²) < 4.78 is 11.5. The molecule has 114 valence electrons. The van der Waals surface area contributed by atoms with E-state index < -0.39 is 0 Å². The molecule has 1 N–H and O–H groups in total. The van der Waals surface area contributed by atoms with E-state index in [4.69, 9.17) is 9.47 Å². The molecule has 0 saturated heterocycles. The van der Waals surface area contributed by atoms with Crippen LogP contribution in [0.4, 0.5) is 0 Å². The Hall–Kier alpha value is -0.120. The summed E-state index contributed by atoms with van der Waals surface area (Å²) in [6.45, 7) is 9.32. The Morgan fingerprint density at radius 1 is 1.16 bits per heavy atom. The number of likely N-dealkylation sites (N-methyl/N-ethyl adjacent to an activating group) is 1. The number of ether oxygens (including phenoxy) is 2. The highest BCUT2D eigenvalue weighted by Crippen LogP contribution is 2.37. The zero-order chi connectivity index (χ0) is 14.1. The fraction of sp³-hybridized carbons (Fsp3) is 1.00. The zero-order valence-electron chi connectivity index (χ0n) is 13.3. The highest BCUT2D eigenvalue weighted by atomic mass is 16.5. The van der Waals surface area contributed by atoms with Gasteiger partial charge in [-0.3, -0.25) is 0 Å². The van der Waals surface area contributed by atoms with Crippen molar-refractivity contribution >= 4 is 0 Å². The van der Waals surface area contributed by atoms with E-state index in [0.29, 0.717) is 12.0 Å². The number of nitrogens with one attached hydrogen (secondary N) is 1. The average molecular weight is 271 g/mol. The lowest BCUT2D eigenvalue weighted by atomic mass is 9.74. The van der Waals surface area contributed by atoms with E-state index in [1.807, 2.05) is 0 Å². The molecule has 3 nitrogen and oxygen atoms in total. The Balaban J connectivity index is 2.77. The summed E-state index contributed by atoms with van der Waals surface area (Å²) in [5, 5.41) is 3.71. The van der Waals surface area contributed by atoms with Gasteiger partial charge in [-0.15, -0.1) is 0 Å². The second kappa shape index (κ2) is 8.93. The Morgan fingerprint density at radius 3 is 2.37 bits per heavy atom. The Kier molecular flexibility index (Phi) is 7.96. The normalized spacial score (nSPS) is 22.1. The maximum atomic E-state index is 6.28. The highest BCUT2D eigenvalue weighted by molar-refractivity contribution is 4.97. The van der Waals surface area contributed by atoms with Crippen LogP contribution in [0, 0.1) is 5.92 Å². The minimum Gasteiger partial charge on any atom is -0.385 e. The van der Waals surface area contributed by atoms with Crippen LogP contribution in [-0.4, -0.2) is 38.5 Å². The molecule has 0 heterocycles. The molecule has 1 aliphatic rings. The molecule has 0 aromatic carbocycles. The van der Waals surface area contributed by atoms with Crippen LogP contribution >= 0.6 is 0 Å². The standard InChI is InChI=1S/C16H33NO2/c1-5-17-15(14(3)10-13-18-4)16(19-6-2)11-8-7-9-12-16/h14-15,17H,5-13H2,1-4H3. The second-order valence-electron chi connectivity index (χ2n) is 5.85. The zero-order valence-corrected chi connectivity index (χ0v) is 13.3. The summed E-state index contributed by atoms with van der Waals surface area (Å²) in [6.07, 6.45) is 7.48. The Bertz CT molecular complexity index is 221. The van der Waals surface area contributed by atoms with Crippen molar-refractivity contribution in [1.82, 2.24) is 5.32 Å². The fourth-order valence-electron chi connectivity index (χ4n) is 3.58. The van der Waals surface area contributed by atoms with Gasteiger partial charge in [0.2, 0.25) is 0 Å². The van der Waals surface area contributed by atoms with Crippen molar-refractivity contribution in [2.75, 3.05) is 26.9 Å². The van der Waals surface area contributed by atoms with Gasteiger partial charge in [0.1, 0.15) is 0 Å². The lowest BCUT2D eigenvalue weighted by Gasteiger charge is -2.46. The third kappa shape index (κ3) is 4.73. The SMILES string of the molecule is CCNC(C(C)CCOC)C1(OCC)CCCCC1. The quantitative estimate of drug-likeness (QED) is 0.697. The van der Waals surface area contributed by atoms with Crippen molar-refractivity contribution in [3.63, 3.8) is 0 Å². The van der Waals surface area contributed by atoms with E-state index in [1.165, 1.54) is 32.1 Å². The maximum Gasteiger partial charge on any atom is 0.0837 e. The molecule has 0 amide bonds. The van der Waals surface area contributed by atoms with E-state index in [2.05, 4.69) is 26.1 Å². The number of methoxy groups -OCH3 is 1. The number of hydrogen-bond acceptors (Lipinski definition) is 3. The van der Waals surface area contributed by atoms with Crippen LogP contribution in [0.15, 0.2) is 0 Å². The highest BCUT2D eigenvalue weighted by Gasteiger charge is 2.42. The summed E-state index contributed by atoms with van der Waals surface area (Å²) in [4.78, 5) is 0. The molecule has 0 aromatic rings. The van der Waals surface area contributed by atoms with Crippen molar-refractivity contribution in [1.29, 1.82) is 0 Å². The molecule has 0 aromatic heterocycles. The molecule has 2 unspecified atom stereocenters. The van der Waals surface area contributed by atoms with E-state index >= 15 is 0 Å². The lowest BCUT2D eigenvalue weighted by Crippen LogP contribution is -2.57. The number of hydrogen-bond donors (Lipinski definition) is 1. The van der Waals surface area contributed by atoms with Crippen LogP contribution in [0.1, 0.15) is 59.3 Å². The summed E-state index contributed by atoms with van der Waals surface area (Å²) in [5.41, 5.74) is 0.0518. The molecule has 0 bridgehead atoms. The summed E-state index contributed by atoms with van der Waals surface area (Å²) >= 11 is 0. The van der Waals surface area contributed by atoms with Crippen LogP contribution < -0.4 is 5.32 Å². The molecular formula is C16H33NO2. The Morgan fingerprint density at radius 2 is 1.84 bits per heavy atom. The first-order chi connectivity index (χ1) is 9.20. The monoisotopic (exact) mass is 271 g/mol. The van der Waals surface area contributed by atoms with Gasteiger partial charge in [0, 0.05) is 26.4 Å². The predicted octanol–water partition coefficient (Wildman–Crippen LogP) is 3.38. The molecule has 1 fully saturated rings. The van der Waals surface area contributed by atoms with E-state index in [0.717, 1.165) is 26.2 Å². The number of rotatable bonds is 9. The molecule has 1 aliphatic carbocycles. The third-order valence-electron chi connectivity index (χ3n) is 4.47. The first kappa shape index (κ1) is 16.9. The molecule has 0 spiro atoms. The van der Waals surface area contributed by atoms with Gasteiger partial charge in [0.05, 0.1) is 5.60 Å². The van der Waals surface area contributed by atoms with Gasteiger partial charge >= 0.3 is 0 Å². The molecule has 3 heteroatoms. The molecule has 0 aliphatic heterocycles. The van der Waals surface area contributed by atoms with E-state index in [9.17, 15) is 0 Å². The van der Waals surface area contributed by atoms with Gasteiger partial charge in [0.25, 0.3) is 0 Å². The largest absolute Gasteiger partial charge is 0.385 e. The summed E-state index contributed by atoms with van der Waals surface area (Å²) in [7, 11) is 1.79. The Labute approximate surface area is 119 Å². The minimum atomic E-state index is 0.0518. The molecule has 1 rings (SSSR count). The van der Waals surface area contributed by atoms with Crippen molar-refractivity contribution in [2.45, 2.75) is 70.9 Å². The van der Waals surface area contributed by atoms with Crippen molar-refractivity contribution in [3.05, 3.63) is 0 Å². The van der Waals surface area contributed by atoms with Gasteiger partial charge < -0.3 is 14.8 Å². The molecule has 19 heavy (non-hydrogen) atoms. The van der Waals surface area contributed by atoms with Crippen molar-refractivity contribution in [2.24, 2.45) is 5.92 Å². The van der Waals surface area contributed by atoms with Gasteiger partial charge in [-0.1, -0.05) is 33.1 Å². The van der Waals surface area contributed by atoms with Crippen LogP contribution in [-0.2, 0) is 9.47 Å². The third-order valence-corrected chi connectivity index (χ3v) is 4.47. The lowest BCUT2D eigenvalue weighted by molar-refractivity contribution is -0.102. The summed E-state index contributed by atoms with van der Waals surface area (Å²) in [6, 6.07) is 0.452. The van der Waals surface area contributed by atoms with Crippen LogP contribution in [0.25, 0.3) is 0 Å². The van der Waals surface area contributed by atoms with Crippen molar-refractivity contribution < 1.29 is 9.47 Å². The van der Waals surface area contributed by atoms with Crippen molar-refractivity contribution in [3.8, 4) is 0 Å². The topological polar surface area (TPSA) is 30.5 Å². The summed E-state index contributed by atoms with van der Waals surface area (Å²) in [5.74, 6) is 0.588. The van der Waals surface area contributed by atoms with Crippen LogP contribution in [0.2, 0.25) is 0 Å². The van der Waals surface area contributed by atoms with E-state index in [1.54, 1.807) is 7.11 Å². The predicted molar refractivity (Wildman–Crippen MR) is 80.6 cm³/mol. The van der Waals surface area contributed by atoms with Gasteiger partial charge in [-0.2, -0.15) is 0 Å². The van der Waals surface area contributed by atoms with Gasteiger partial charge in [-0.25, -0.2) is 0 Å². The second-order valence-corrected chi connectivity index (χ2v) is 5.85. The maximum absolute atomic E-state index is 6.28. The first-order valence-corrected chi connectivity index (χ1v) is 8.06.